The molecule has 2 aromatic carbocycles. The predicted molar refractivity (Wildman–Crippen MR) is 128 cm³/mol. The van der Waals surface area contributed by atoms with Gasteiger partial charge >= 0.3 is 0 Å². The van der Waals surface area contributed by atoms with Crippen molar-refractivity contribution in [2.24, 2.45) is 5.92 Å². The molecule has 3 rings (SSSR count). The molecule has 0 bridgehead atoms. The lowest BCUT2D eigenvalue weighted by Crippen LogP contribution is -2.43. The molecule has 1 N–H and O–H groups in total. The van der Waals surface area contributed by atoms with E-state index in [1.165, 1.54) is 9.87 Å². The summed E-state index contributed by atoms with van der Waals surface area (Å²) in [4.78, 5) is 15.2. The summed E-state index contributed by atoms with van der Waals surface area (Å²) in [7, 11) is 0.512. The van der Waals surface area contributed by atoms with Gasteiger partial charge in [0, 0.05) is 32.1 Å². The summed E-state index contributed by atoms with van der Waals surface area (Å²) in [6.45, 7) is 7.77. The molecule has 0 unspecified atom stereocenters. The van der Waals surface area contributed by atoms with Crippen LogP contribution < -0.4 is 5.32 Å². The number of aryl methyl sites for hydroxylation is 3. The number of nitrogens with zero attached hydrogens (tertiary/aromatic N) is 2. The summed E-state index contributed by atoms with van der Waals surface area (Å²) in [6, 6.07) is 12.1. The molecule has 7 heteroatoms. The van der Waals surface area contributed by atoms with Gasteiger partial charge in [-0.1, -0.05) is 42.0 Å². The van der Waals surface area contributed by atoms with Crippen LogP contribution in [-0.2, 0) is 27.9 Å². The molecule has 0 saturated carbocycles. The van der Waals surface area contributed by atoms with Gasteiger partial charge in [-0.2, -0.15) is 4.31 Å². The highest BCUT2D eigenvalue weighted by Gasteiger charge is 2.33. The van der Waals surface area contributed by atoms with Crippen LogP contribution in [0.15, 0.2) is 41.3 Å². The van der Waals surface area contributed by atoms with Crippen LogP contribution in [0.2, 0.25) is 0 Å². The molecule has 2 aromatic rings. The van der Waals surface area contributed by atoms with E-state index in [0.717, 1.165) is 28.8 Å². The molecule has 0 aliphatic carbocycles. The Hall–Kier alpha value is -2.22. The Labute approximate surface area is 192 Å². The van der Waals surface area contributed by atoms with Crippen LogP contribution in [0.4, 0.5) is 0 Å². The minimum Gasteiger partial charge on any atom is -0.352 e. The van der Waals surface area contributed by atoms with E-state index in [1.807, 2.05) is 59.1 Å². The van der Waals surface area contributed by atoms with Crippen LogP contribution in [0.25, 0.3) is 0 Å². The average molecular weight is 458 g/mol. The molecule has 1 aliphatic rings. The number of benzene rings is 2. The first-order valence-electron chi connectivity index (χ1n) is 11.2. The number of carbonyl (C=O) groups is 1. The minimum atomic E-state index is -3.56. The summed E-state index contributed by atoms with van der Waals surface area (Å²) >= 11 is 0. The number of nitrogens with one attached hydrogen (secondary N) is 1. The molecule has 1 amide bonds. The van der Waals surface area contributed by atoms with E-state index in [1.54, 1.807) is 0 Å². The summed E-state index contributed by atoms with van der Waals surface area (Å²) in [6.07, 6.45) is 1.08. The SMILES string of the molecule is Cc1cc(C)c(S(=O)(=O)N2CCC(C(=O)NCc3ccc(CN(C)C)cc3)CC2)c(C)c1. The fraction of sp³-hybridized carbons (Fsp3) is 0.480. The van der Waals surface area contributed by atoms with Gasteiger partial charge in [0.2, 0.25) is 15.9 Å². The first-order chi connectivity index (χ1) is 15.1. The Morgan fingerprint density at radius 2 is 1.53 bits per heavy atom. The van der Waals surface area contributed by atoms with Crippen molar-refractivity contribution in [3.8, 4) is 0 Å². The Morgan fingerprint density at radius 1 is 1.00 bits per heavy atom. The third-order valence-corrected chi connectivity index (χ3v) is 8.22. The molecule has 1 aliphatic heterocycles. The molecule has 0 atom stereocenters. The van der Waals surface area contributed by atoms with E-state index in [-0.39, 0.29) is 11.8 Å². The van der Waals surface area contributed by atoms with E-state index < -0.39 is 10.0 Å². The highest BCUT2D eigenvalue weighted by atomic mass is 32.2. The largest absolute Gasteiger partial charge is 0.352 e. The lowest BCUT2D eigenvalue weighted by molar-refractivity contribution is -0.126. The quantitative estimate of drug-likeness (QED) is 0.692. The molecule has 1 saturated heterocycles. The lowest BCUT2D eigenvalue weighted by Gasteiger charge is -2.31. The molecule has 174 valence electrons. The van der Waals surface area contributed by atoms with Crippen molar-refractivity contribution in [3.05, 3.63) is 64.2 Å². The molecule has 0 spiro atoms. The first-order valence-corrected chi connectivity index (χ1v) is 12.6. The molecular formula is C25H35N3O3S. The van der Waals surface area contributed by atoms with E-state index in [2.05, 4.69) is 22.3 Å². The monoisotopic (exact) mass is 457 g/mol. The highest BCUT2D eigenvalue weighted by molar-refractivity contribution is 7.89. The molecule has 1 fully saturated rings. The molecule has 6 nitrogen and oxygen atoms in total. The first kappa shape index (κ1) is 24.4. The summed E-state index contributed by atoms with van der Waals surface area (Å²) in [5.74, 6) is -0.156. The summed E-state index contributed by atoms with van der Waals surface area (Å²) in [5.41, 5.74) is 4.91. The zero-order valence-corrected chi connectivity index (χ0v) is 20.6. The third-order valence-electron chi connectivity index (χ3n) is 6.02. The van der Waals surface area contributed by atoms with Crippen LogP contribution in [-0.4, -0.2) is 50.7 Å². The number of amides is 1. The van der Waals surface area contributed by atoms with Crippen molar-refractivity contribution in [3.63, 3.8) is 0 Å². The second kappa shape index (κ2) is 10.1. The van der Waals surface area contributed by atoms with Crippen LogP contribution in [0.1, 0.15) is 40.7 Å². The van der Waals surface area contributed by atoms with Gasteiger partial charge in [-0.15, -0.1) is 0 Å². The standard InChI is InChI=1S/C25H35N3O3S/c1-18-14-19(2)24(20(3)15-18)32(30,31)28-12-10-23(11-13-28)25(29)26-16-21-6-8-22(9-7-21)17-27(4)5/h6-9,14-15,23H,10-13,16-17H2,1-5H3,(H,26,29). The molecule has 1 heterocycles. The highest BCUT2D eigenvalue weighted by Crippen LogP contribution is 2.28. The van der Waals surface area contributed by atoms with Crippen molar-refractivity contribution in [2.75, 3.05) is 27.2 Å². The van der Waals surface area contributed by atoms with Crippen molar-refractivity contribution in [1.82, 2.24) is 14.5 Å². The Morgan fingerprint density at radius 3 is 2.06 bits per heavy atom. The van der Waals surface area contributed by atoms with E-state index in [9.17, 15) is 13.2 Å². The minimum absolute atomic E-state index is 0.00196. The maximum absolute atomic E-state index is 13.2. The number of carbonyl (C=O) groups excluding carboxylic acids is 1. The Balaban J connectivity index is 1.55. The van der Waals surface area contributed by atoms with Crippen LogP contribution in [0, 0.1) is 26.7 Å². The zero-order valence-electron chi connectivity index (χ0n) is 19.8. The number of piperidine rings is 1. The maximum atomic E-state index is 13.2. The Kier molecular flexibility index (Phi) is 7.75. The molecular weight excluding hydrogens is 422 g/mol. The molecule has 0 aromatic heterocycles. The fourth-order valence-corrected chi connectivity index (χ4v) is 6.40. The second-order valence-corrected chi connectivity index (χ2v) is 11.1. The van der Waals surface area contributed by atoms with Gasteiger partial charge in [-0.3, -0.25) is 4.79 Å². The average Bonchev–Trinajstić information content (AvgIpc) is 2.71. The van der Waals surface area contributed by atoms with Crippen molar-refractivity contribution in [2.45, 2.75) is 51.6 Å². The lowest BCUT2D eigenvalue weighted by atomic mass is 9.97. The van der Waals surface area contributed by atoms with Crippen molar-refractivity contribution in [1.29, 1.82) is 0 Å². The van der Waals surface area contributed by atoms with Crippen LogP contribution in [0.3, 0.4) is 0 Å². The second-order valence-electron chi connectivity index (χ2n) is 9.18. The van der Waals surface area contributed by atoms with Crippen LogP contribution >= 0.6 is 0 Å². The van der Waals surface area contributed by atoms with Gasteiger partial charge in [-0.25, -0.2) is 8.42 Å². The molecule has 0 radical (unpaired) electrons. The number of hydrogen-bond donors (Lipinski definition) is 1. The van der Waals surface area contributed by atoms with Gasteiger partial charge in [0.1, 0.15) is 0 Å². The smallest absolute Gasteiger partial charge is 0.243 e. The van der Waals surface area contributed by atoms with Gasteiger partial charge in [0.15, 0.2) is 0 Å². The number of hydrogen-bond acceptors (Lipinski definition) is 4. The van der Waals surface area contributed by atoms with Crippen LogP contribution in [0.5, 0.6) is 0 Å². The van der Waals surface area contributed by atoms with E-state index in [0.29, 0.717) is 37.4 Å². The van der Waals surface area contributed by atoms with Crippen molar-refractivity contribution < 1.29 is 13.2 Å². The molecule has 32 heavy (non-hydrogen) atoms. The third kappa shape index (κ3) is 5.77. The van der Waals surface area contributed by atoms with Gasteiger partial charge < -0.3 is 10.2 Å². The van der Waals surface area contributed by atoms with Crippen molar-refractivity contribution >= 4 is 15.9 Å². The normalized spacial score (nSPS) is 15.8. The Bertz CT molecular complexity index is 1030. The van der Waals surface area contributed by atoms with Gasteiger partial charge in [-0.05, 0) is 70.0 Å². The van der Waals surface area contributed by atoms with E-state index >= 15 is 0 Å². The van der Waals surface area contributed by atoms with Gasteiger partial charge in [0.25, 0.3) is 0 Å². The fourth-order valence-electron chi connectivity index (χ4n) is 4.52. The number of sulfonamides is 1. The summed E-state index contributed by atoms with van der Waals surface area (Å²) < 4.78 is 28.0. The maximum Gasteiger partial charge on any atom is 0.243 e. The predicted octanol–water partition coefficient (Wildman–Crippen LogP) is 3.39. The zero-order chi connectivity index (χ0) is 23.5. The topological polar surface area (TPSA) is 69.7 Å². The summed E-state index contributed by atoms with van der Waals surface area (Å²) in [5, 5.41) is 3.02. The van der Waals surface area contributed by atoms with Gasteiger partial charge in [0.05, 0.1) is 4.90 Å². The number of rotatable bonds is 7. The van der Waals surface area contributed by atoms with E-state index in [4.69, 9.17) is 0 Å².